The molecule has 1 heterocycles. The van der Waals surface area contributed by atoms with Gasteiger partial charge in [-0.15, -0.1) is 0 Å². The first-order valence-corrected chi connectivity index (χ1v) is 10.9. The molecule has 1 aromatic heterocycles. The minimum atomic E-state index is -3.92. The number of nitrogens with zero attached hydrogens (tertiary/aromatic N) is 4. The molecular weight excluding hydrogens is 426 g/mol. The molecule has 11 nitrogen and oxygen atoms in total. The summed E-state index contributed by atoms with van der Waals surface area (Å²) in [5, 5.41) is 17.4. The lowest BCUT2D eigenvalue weighted by atomic mass is 10.2. The van der Waals surface area contributed by atoms with Crippen LogP contribution in [0.4, 0.5) is 11.4 Å². The molecule has 0 bridgehead atoms. The molecule has 0 unspecified atom stereocenters. The van der Waals surface area contributed by atoms with Gasteiger partial charge in [0.05, 0.1) is 23.4 Å². The number of non-ortho nitro benzene ring substituents is 1. The third-order valence-corrected chi connectivity index (χ3v) is 5.54. The Morgan fingerprint density at radius 3 is 2.58 bits per heavy atom. The van der Waals surface area contributed by atoms with E-state index in [1.54, 1.807) is 12.1 Å². The van der Waals surface area contributed by atoms with Gasteiger partial charge in [0.15, 0.2) is 0 Å². The Morgan fingerprint density at radius 2 is 1.94 bits per heavy atom. The molecule has 1 N–H and O–H groups in total. The van der Waals surface area contributed by atoms with E-state index in [1.165, 1.54) is 25.1 Å². The second-order valence-electron chi connectivity index (χ2n) is 6.61. The van der Waals surface area contributed by atoms with Gasteiger partial charge in [0, 0.05) is 17.7 Å². The first-order chi connectivity index (χ1) is 14.7. The molecule has 162 valence electrons. The topological polar surface area (TPSA) is 149 Å². The van der Waals surface area contributed by atoms with Crippen LogP contribution >= 0.6 is 0 Å². The summed E-state index contributed by atoms with van der Waals surface area (Å²) in [4.78, 5) is 27.2. The van der Waals surface area contributed by atoms with Crippen molar-refractivity contribution in [2.24, 2.45) is 0 Å². The summed E-state index contributed by atoms with van der Waals surface area (Å²) < 4.78 is 30.6. The maximum absolute atomic E-state index is 12.6. The number of rotatable bonds is 8. The highest BCUT2D eigenvalue weighted by atomic mass is 32.2. The predicted molar refractivity (Wildman–Crippen MR) is 111 cm³/mol. The zero-order valence-electron chi connectivity index (χ0n) is 16.6. The van der Waals surface area contributed by atoms with Gasteiger partial charge in [-0.05, 0) is 13.0 Å². The van der Waals surface area contributed by atoms with Crippen molar-refractivity contribution < 1.29 is 22.7 Å². The molecule has 0 radical (unpaired) electrons. The third-order valence-electron chi connectivity index (χ3n) is 4.30. The summed E-state index contributed by atoms with van der Waals surface area (Å²) in [7, 11) is -3.92. The summed E-state index contributed by atoms with van der Waals surface area (Å²) >= 11 is 0. The molecule has 0 saturated heterocycles. The Bertz CT molecular complexity index is 1200. The van der Waals surface area contributed by atoms with Crippen LogP contribution < -0.4 is 9.62 Å². The first-order valence-electron chi connectivity index (χ1n) is 9.06. The average molecular weight is 445 g/mol. The molecule has 0 aliphatic carbocycles. The van der Waals surface area contributed by atoms with Crippen LogP contribution in [-0.4, -0.2) is 41.7 Å². The van der Waals surface area contributed by atoms with E-state index < -0.39 is 26.9 Å². The fourth-order valence-corrected chi connectivity index (χ4v) is 4.06. The van der Waals surface area contributed by atoms with Gasteiger partial charge in [-0.1, -0.05) is 41.6 Å². The van der Waals surface area contributed by atoms with Gasteiger partial charge >= 0.3 is 0 Å². The molecule has 31 heavy (non-hydrogen) atoms. The van der Waals surface area contributed by atoms with Gasteiger partial charge in [0.2, 0.25) is 27.6 Å². The second-order valence-corrected chi connectivity index (χ2v) is 8.47. The van der Waals surface area contributed by atoms with Crippen LogP contribution in [0.5, 0.6) is 0 Å². The molecule has 2 aromatic carbocycles. The SMILES string of the molecule is C[C@H](C(=O)NCc1nc(-c2ccccc2)no1)N(c1cccc([N+](=O)[O-])c1)S(C)(=O)=O. The van der Waals surface area contributed by atoms with Crippen molar-refractivity contribution in [1.82, 2.24) is 15.5 Å². The third kappa shape index (κ3) is 5.22. The highest BCUT2D eigenvalue weighted by Crippen LogP contribution is 2.25. The van der Waals surface area contributed by atoms with Crippen LogP contribution in [0.2, 0.25) is 0 Å². The summed E-state index contributed by atoms with van der Waals surface area (Å²) in [6, 6.07) is 13.0. The Labute approximate surface area is 177 Å². The number of sulfonamides is 1. The van der Waals surface area contributed by atoms with Crippen molar-refractivity contribution in [2.75, 3.05) is 10.6 Å². The second kappa shape index (κ2) is 8.92. The molecule has 3 aromatic rings. The van der Waals surface area contributed by atoms with E-state index in [0.29, 0.717) is 5.82 Å². The van der Waals surface area contributed by atoms with E-state index in [4.69, 9.17) is 4.52 Å². The number of carbonyl (C=O) groups excluding carboxylic acids is 1. The molecule has 12 heteroatoms. The fraction of sp³-hybridized carbons (Fsp3) is 0.211. The van der Waals surface area contributed by atoms with Gasteiger partial charge in [0.25, 0.3) is 5.69 Å². The first kappa shape index (κ1) is 21.9. The van der Waals surface area contributed by atoms with Crippen molar-refractivity contribution in [3.63, 3.8) is 0 Å². The van der Waals surface area contributed by atoms with Crippen LogP contribution in [0.3, 0.4) is 0 Å². The monoisotopic (exact) mass is 445 g/mol. The minimum absolute atomic E-state index is 0.00324. The lowest BCUT2D eigenvalue weighted by Crippen LogP contribution is -2.47. The van der Waals surface area contributed by atoms with Gasteiger partial charge in [-0.25, -0.2) is 8.42 Å². The maximum atomic E-state index is 12.6. The zero-order valence-corrected chi connectivity index (χ0v) is 17.4. The molecule has 3 rings (SSSR count). The lowest BCUT2D eigenvalue weighted by Gasteiger charge is -2.27. The number of amides is 1. The molecule has 0 aliphatic heterocycles. The van der Waals surface area contributed by atoms with Crippen molar-refractivity contribution in [2.45, 2.75) is 19.5 Å². The Kier molecular flexibility index (Phi) is 6.30. The number of anilines is 1. The summed E-state index contributed by atoms with van der Waals surface area (Å²) in [5.74, 6) is -0.149. The molecular formula is C19H19N5O6S. The van der Waals surface area contributed by atoms with Gasteiger partial charge in [-0.3, -0.25) is 19.2 Å². The summed E-state index contributed by atoms with van der Waals surface area (Å²) in [6.45, 7) is 1.26. The van der Waals surface area contributed by atoms with Gasteiger partial charge in [-0.2, -0.15) is 4.98 Å². The Morgan fingerprint density at radius 1 is 1.23 bits per heavy atom. The van der Waals surface area contributed by atoms with E-state index in [-0.39, 0.29) is 23.8 Å². The number of benzene rings is 2. The van der Waals surface area contributed by atoms with E-state index in [1.807, 2.05) is 18.2 Å². The zero-order chi connectivity index (χ0) is 22.6. The highest BCUT2D eigenvalue weighted by Gasteiger charge is 2.30. The molecule has 0 spiro atoms. The number of aromatic nitrogens is 2. The quantitative estimate of drug-likeness (QED) is 0.409. The van der Waals surface area contributed by atoms with E-state index in [2.05, 4.69) is 15.5 Å². The molecule has 0 saturated carbocycles. The largest absolute Gasteiger partial charge is 0.345 e. The maximum Gasteiger partial charge on any atom is 0.271 e. The van der Waals surface area contributed by atoms with Crippen molar-refractivity contribution in [3.8, 4) is 11.4 Å². The smallest absolute Gasteiger partial charge is 0.271 e. The van der Waals surface area contributed by atoms with Gasteiger partial charge < -0.3 is 9.84 Å². The van der Waals surface area contributed by atoms with Crippen LogP contribution in [-0.2, 0) is 21.4 Å². The van der Waals surface area contributed by atoms with Crippen molar-refractivity contribution >= 4 is 27.3 Å². The van der Waals surface area contributed by atoms with Crippen molar-refractivity contribution in [1.29, 1.82) is 0 Å². The number of nitro groups is 1. The van der Waals surface area contributed by atoms with E-state index in [0.717, 1.165) is 22.2 Å². The number of carbonyl (C=O) groups is 1. The van der Waals surface area contributed by atoms with Crippen LogP contribution in [0, 0.1) is 10.1 Å². The standard InChI is InChI=1S/C19H19N5O6S/c1-13(23(31(2,28)29)15-9-6-10-16(11-15)24(26)27)19(25)20-12-17-21-18(22-30-17)14-7-4-3-5-8-14/h3-11,13H,12H2,1-2H3,(H,20,25)/t13-/m1/s1. The Balaban J connectivity index is 1.75. The number of hydrogen-bond acceptors (Lipinski definition) is 8. The summed E-state index contributed by atoms with van der Waals surface area (Å²) in [5.41, 5.74) is 0.452. The molecule has 1 amide bonds. The highest BCUT2D eigenvalue weighted by molar-refractivity contribution is 7.92. The number of nitrogens with one attached hydrogen (secondary N) is 1. The fourth-order valence-electron chi connectivity index (χ4n) is 2.89. The minimum Gasteiger partial charge on any atom is -0.345 e. The molecule has 1 atom stereocenters. The van der Waals surface area contributed by atoms with Gasteiger partial charge in [0.1, 0.15) is 6.04 Å². The summed E-state index contributed by atoms with van der Waals surface area (Å²) in [6.07, 6.45) is 0.916. The number of hydrogen-bond donors (Lipinski definition) is 1. The normalized spacial score (nSPS) is 12.2. The van der Waals surface area contributed by atoms with Crippen LogP contribution in [0.15, 0.2) is 59.1 Å². The number of nitro benzene ring substituents is 1. The average Bonchev–Trinajstić information content (AvgIpc) is 3.21. The molecule has 0 fully saturated rings. The van der Waals surface area contributed by atoms with Crippen molar-refractivity contribution in [3.05, 3.63) is 70.6 Å². The lowest BCUT2D eigenvalue weighted by molar-refractivity contribution is -0.384. The molecule has 0 aliphatic rings. The predicted octanol–water partition coefficient (Wildman–Crippen LogP) is 2.12. The van der Waals surface area contributed by atoms with E-state index in [9.17, 15) is 23.3 Å². The Hall–Kier alpha value is -3.80. The van der Waals surface area contributed by atoms with E-state index >= 15 is 0 Å². The van der Waals surface area contributed by atoms with Crippen LogP contribution in [0.25, 0.3) is 11.4 Å². The van der Waals surface area contributed by atoms with Crippen LogP contribution in [0.1, 0.15) is 12.8 Å².